The van der Waals surface area contributed by atoms with Crippen LogP contribution in [0, 0.1) is 0 Å². The van der Waals surface area contributed by atoms with Gasteiger partial charge in [0.15, 0.2) is 0 Å². The third-order valence-electron chi connectivity index (χ3n) is 1.82. The minimum absolute atomic E-state index is 0.242. The lowest BCUT2D eigenvalue weighted by molar-refractivity contribution is 0.102. The zero-order valence-corrected chi connectivity index (χ0v) is 9.92. The first-order valence-corrected chi connectivity index (χ1v) is 5.97. The molecule has 0 spiro atoms. The second-order valence-electron chi connectivity index (χ2n) is 2.67. The maximum atomic E-state index is 11.7. The van der Waals surface area contributed by atoms with E-state index in [1.807, 2.05) is 0 Å². The third-order valence-corrected chi connectivity index (χ3v) is 3.79. The number of halogens is 1. The molecule has 0 saturated heterocycles. The van der Waals surface area contributed by atoms with Crippen LogP contribution in [0.15, 0.2) is 24.3 Å². The van der Waals surface area contributed by atoms with Gasteiger partial charge in [0.1, 0.15) is 0 Å². The zero-order chi connectivity index (χ0) is 11.5. The van der Waals surface area contributed by atoms with E-state index in [4.69, 9.17) is 11.6 Å². The van der Waals surface area contributed by atoms with E-state index in [1.165, 1.54) is 24.3 Å². The Kier molecular flexibility index (Phi) is 4.05. The standard InChI is InChI=1S/C9H10ClO4P/c1-13-15(12,14-2)9(11)7-3-5-8(10)6-4-7/h3-6H,1-2H3. The molecule has 0 atom stereocenters. The van der Waals surface area contributed by atoms with Crippen molar-refractivity contribution in [1.82, 2.24) is 0 Å². The minimum atomic E-state index is -3.69. The summed E-state index contributed by atoms with van der Waals surface area (Å²) in [7, 11) is -1.36. The number of carbonyl (C=O) groups is 1. The molecule has 0 heterocycles. The van der Waals surface area contributed by atoms with Crippen molar-refractivity contribution in [2.45, 2.75) is 0 Å². The number of hydrogen-bond donors (Lipinski definition) is 0. The Morgan fingerprint density at radius 2 is 1.67 bits per heavy atom. The smallest absolute Gasteiger partial charge is 0.306 e. The van der Waals surface area contributed by atoms with Crippen LogP contribution < -0.4 is 0 Å². The van der Waals surface area contributed by atoms with Gasteiger partial charge in [0.05, 0.1) is 0 Å². The molecule has 0 bridgehead atoms. The van der Waals surface area contributed by atoms with Gasteiger partial charge in [-0.3, -0.25) is 9.36 Å². The van der Waals surface area contributed by atoms with Crippen molar-refractivity contribution in [2.75, 3.05) is 14.2 Å². The Bertz CT molecular complexity index is 393. The fraction of sp³-hybridized carbons (Fsp3) is 0.222. The summed E-state index contributed by atoms with van der Waals surface area (Å²) >= 11 is 5.66. The van der Waals surface area contributed by atoms with E-state index in [2.05, 4.69) is 9.05 Å². The average Bonchev–Trinajstić information content (AvgIpc) is 2.28. The first kappa shape index (κ1) is 12.4. The third kappa shape index (κ3) is 2.67. The highest BCUT2D eigenvalue weighted by Gasteiger charge is 2.33. The Morgan fingerprint density at radius 3 is 2.07 bits per heavy atom. The van der Waals surface area contributed by atoms with Crippen LogP contribution in [0.5, 0.6) is 0 Å². The van der Waals surface area contributed by atoms with Gasteiger partial charge < -0.3 is 9.05 Å². The van der Waals surface area contributed by atoms with Gasteiger partial charge in [-0.15, -0.1) is 0 Å². The van der Waals surface area contributed by atoms with Crippen LogP contribution >= 0.6 is 19.2 Å². The Morgan fingerprint density at radius 1 is 1.20 bits per heavy atom. The minimum Gasteiger partial charge on any atom is -0.306 e. The lowest BCUT2D eigenvalue weighted by Gasteiger charge is -2.11. The maximum Gasteiger partial charge on any atom is 0.401 e. The molecule has 4 nitrogen and oxygen atoms in total. The van der Waals surface area contributed by atoms with E-state index in [-0.39, 0.29) is 5.56 Å². The Hall–Kier alpha value is -0.670. The van der Waals surface area contributed by atoms with Crippen LogP contribution in [0.1, 0.15) is 10.4 Å². The van der Waals surface area contributed by atoms with E-state index in [1.54, 1.807) is 0 Å². The second-order valence-corrected chi connectivity index (χ2v) is 5.24. The highest BCUT2D eigenvalue weighted by atomic mass is 35.5. The molecule has 15 heavy (non-hydrogen) atoms. The van der Waals surface area contributed by atoms with Crippen molar-refractivity contribution in [3.05, 3.63) is 34.9 Å². The van der Waals surface area contributed by atoms with Crippen molar-refractivity contribution in [1.29, 1.82) is 0 Å². The lowest BCUT2D eigenvalue weighted by Crippen LogP contribution is -2.03. The molecule has 0 radical (unpaired) electrons. The topological polar surface area (TPSA) is 52.6 Å². The fourth-order valence-corrected chi connectivity index (χ4v) is 2.06. The molecule has 1 rings (SSSR count). The van der Waals surface area contributed by atoms with Gasteiger partial charge in [0, 0.05) is 24.8 Å². The maximum absolute atomic E-state index is 11.7. The molecule has 0 aliphatic carbocycles. The SMILES string of the molecule is COP(=O)(OC)C(=O)c1ccc(Cl)cc1. The molecule has 0 N–H and O–H groups in total. The van der Waals surface area contributed by atoms with Crippen LogP contribution in [0.3, 0.4) is 0 Å². The molecule has 0 amide bonds. The summed E-state index contributed by atoms with van der Waals surface area (Å²) < 4.78 is 20.9. The van der Waals surface area contributed by atoms with Crippen LogP contribution in [-0.4, -0.2) is 19.7 Å². The lowest BCUT2D eigenvalue weighted by atomic mass is 10.2. The van der Waals surface area contributed by atoms with Crippen LogP contribution in [0.2, 0.25) is 5.02 Å². The van der Waals surface area contributed by atoms with Crippen molar-refractivity contribution in [2.24, 2.45) is 0 Å². The Labute approximate surface area is 92.7 Å². The van der Waals surface area contributed by atoms with E-state index >= 15 is 0 Å². The molecule has 0 fully saturated rings. The molecule has 82 valence electrons. The fourth-order valence-electron chi connectivity index (χ4n) is 0.991. The quantitative estimate of drug-likeness (QED) is 0.769. The van der Waals surface area contributed by atoms with Gasteiger partial charge in [-0.05, 0) is 24.3 Å². The summed E-state index contributed by atoms with van der Waals surface area (Å²) in [4.78, 5) is 11.7. The van der Waals surface area contributed by atoms with Gasteiger partial charge in [0.25, 0.3) is 5.52 Å². The van der Waals surface area contributed by atoms with Crippen molar-refractivity contribution < 1.29 is 18.4 Å². The van der Waals surface area contributed by atoms with E-state index in [0.717, 1.165) is 14.2 Å². The molecule has 1 aromatic rings. The van der Waals surface area contributed by atoms with Gasteiger partial charge >= 0.3 is 7.60 Å². The predicted octanol–water partition coefficient (Wildman–Crippen LogP) is 2.97. The van der Waals surface area contributed by atoms with Gasteiger partial charge in [-0.25, -0.2) is 0 Å². The molecule has 0 aromatic heterocycles. The molecule has 1 aromatic carbocycles. The summed E-state index contributed by atoms with van der Waals surface area (Å²) in [5, 5.41) is 0.496. The first-order valence-electron chi connectivity index (χ1n) is 4.05. The normalized spacial score (nSPS) is 11.4. The number of rotatable bonds is 4. The summed E-state index contributed by atoms with van der Waals surface area (Å²) in [6, 6.07) is 6.00. The highest BCUT2D eigenvalue weighted by Crippen LogP contribution is 2.49. The van der Waals surface area contributed by atoms with Crippen LogP contribution in [0.4, 0.5) is 0 Å². The van der Waals surface area contributed by atoms with Crippen molar-refractivity contribution in [3.8, 4) is 0 Å². The molecule has 0 saturated carbocycles. The summed E-state index contributed by atoms with van der Waals surface area (Å²) in [6.07, 6.45) is 0. The summed E-state index contributed by atoms with van der Waals surface area (Å²) in [5.41, 5.74) is -0.435. The van der Waals surface area contributed by atoms with Crippen LogP contribution in [0.25, 0.3) is 0 Å². The zero-order valence-electron chi connectivity index (χ0n) is 8.27. The van der Waals surface area contributed by atoms with Gasteiger partial charge in [-0.1, -0.05) is 11.6 Å². The van der Waals surface area contributed by atoms with E-state index < -0.39 is 13.1 Å². The molecule has 0 unspecified atom stereocenters. The average molecular weight is 249 g/mol. The van der Waals surface area contributed by atoms with Gasteiger partial charge in [0.2, 0.25) is 0 Å². The Balaban J connectivity index is 3.04. The molecular weight excluding hydrogens is 239 g/mol. The molecule has 6 heteroatoms. The molecule has 0 aliphatic rings. The monoisotopic (exact) mass is 248 g/mol. The van der Waals surface area contributed by atoms with Crippen molar-refractivity contribution >= 4 is 24.7 Å². The first-order chi connectivity index (χ1) is 7.03. The van der Waals surface area contributed by atoms with Crippen molar-refractivity contribution in [3.63, 3.8) is 0 Å². The van der Waals surface area contributed by atoms with E-state index in [0.29, 0.717) is 5.02 Å². The molecular formula is C9H10ClO4P. The largest absolute Gasteiger partial charge is 0.401 e. The summed E-state index contributed by atoms with van der Waals surface area (Å²) in [5.74, 6) is 0. The molecule has 0 aliphatic heterocycles. The van der Waals surface area contributed by atoms with E-state index in [9.17, 15) is 9.36 Å². The number of hydrogen-bond acceptors (Lipinski definition) is 4. The summed E-state index contributed by atoms with van der Waals surface area (Å²) in [6.45, 7) is 0. The number of carbonyl (C=O) groups excluding carboxylic acids is 1. The second kappa shape index (κ2) is 4.90. The van der Waals surface area contributed by atoms with Gasteiger partial charge in [-0.2, -0.15) is 0 Å². The highest BCUT2D eigenvalue weighted by molar-refractivity contribution is 7.72. The van der Waals surface area contributed by atoms with Crippen LogP contribution in [-0.2, 0) is 13.6 Å². The number of benzene rings is 1. The predicted molar refractivity (Wildman–Crippen MR) is 57.4 cm³/mol.